The summed E-state index contributed by atoms with van der Waals surface area (Å²) in [6, 6.07) is 6.74. The lowest BCUT2D eigenvalue weighted by molar-refractivity contribution is -0.00856. The fourth-order valence-corrected chi connectivity index (χ4v) is 0.752. The van der Waals surface area contributed by atoms with Gasteiger partial charge in [0, 0.05) is 5.69 Å². The van der Waals surface area contributed by atoms with Gasteiger partial charge in [0.05, 0.1) is 6.54 Å². The number of ether oxygens (including phenoxy) is 1. The van der Waals surface area contributed by atoms with Crippen molar-refractivity contribution >= 4 is 30.5 Å². The number of benzene rings is 1. The average Bonchev–Trinajstić information content (AvgIpc) is 2.09. The molecular formula is C8H14Cl2N2O2. The number of anilines is 1. The Morgan fingerprint density at radius 3 is 2.14 bits per heavy atom. The first-order valence-electron chi connectivity index (χ1n) is 3.62. The van der Waals surface area contributed by atoms with Crippen LogP contribution in [-0.4, -0.2) is 17.9 Å². The van der Waals surface area contributed by atoms with Crippen LogP contribution < -0.4 is 16.2 Å². The van der Waals surface area contributed by atoms with Crippen molar-refractivity contribution < 1.29 is 9.84 Å². The first kappa shape index (κ1) is 15.8. The Morgan fingerprint density at radius 1 is 1.21 bits per heavy atom. The summed E-state index contributed by atoms with van der Waals surface area (Å²) in [6.07, 6.45) is -0.950. The zero-order valence-corrected chi connectivity index (χ0v) is 9.05. The highest BCUT2D eigenvalue weighted by Crippen LogP contribution is 2.13. The SMILES string of the molecule is Cl.Cl.NCC(O)Oc1ccc(N)cc1. The van der Waals surface area contributed by atoms with Crippen molar-refractivity contribution in [1.82, 2.24) is 0 Å². The number of hydrogen-bond donors (Lipinski definition) is 3. The van der Waals surface area contributed by atoms with Crippen LogP contribution in [0.4, 0.5) is 5.69 Å². The molecule has 1 unspecified atom stereocenters. The van der Waals surface area contributed by atoms with Gasteiger partial charge >= 0.3 is 0 Å². The monoisotopic (exact) mass is 240 g/mol. The number of nitrogen functional groups attached to an aromatic ring is 1. The molecule has 82 valence electrons. The highest BCUT2D eigenvalue weighted by molar-refractivity contribution is 5.85. The molecule has 5 N–H and O–H groups in total. The van der Waals surface area contributed by atoms with Gasteiger partial charge in [-0.2, -0.15) is 0 Å². The minimum absolute atomic E-state index is 0. The molecule has 0 aromatic heterocycles. The number of nitrogens with two attached hydrogens (primary N) is 2. The summed E-state index contributed by atoms with van der Waals surface area (Å²) >= 11 is 0. The molecule has 1 aromatic carbocycles. The van der Waals surface area contributed by atoms with Crippen molar-refractivity contribution in [3.8, 4) is 5.75 Å². The van der Waals surface area contributed by atoms with E-state index in [2.05, 4.69) is 0 Å². The Balaban J connectivity index is 0. The highest BCUT2D eigenvalue weighted by atomic mass is 35.5. The number of halogens is 2. The van der Waals surface area contributed by atoms with Gasteiger partial charge < -0.3 is 21.3 Å². The van der Waals surface area contributed by atoms with Gasteiger partial charge in [-0.3, -0.25) is 0 Å². The molecule has 6 heteroatoms. The van der Waals surface area contributed by atoms with Crippen LogP contribution >= 0.6 is 24.8 Å². The lowest BCUT2D eigenvalue weighted by atomic mass is 10.3. The maximum atomic E-state index is 9.00. The molecule has 0 saturated carbocycles. The van der Waals surface area contributed by atoms with Gasteiger partial charge in [0.25, 0.3) is 0 Å². The van der Waals surface area contributed by atoms with Crippen molar-refractivity contribution in [3.63, 3.8) is 0 Å². The van der Waals surface area contributed by atoms with Crippen molar-refractivity contribution in [1.29, 1.82) is 0 Å². The Hall–Kier alpha value is -0.680. The lowest BCUT2D eigenvalue weighted by Crippen LogP contribution is -2.25. The molecule has 0 aliphatic carbocycles. The summed E-state index contributed by atoms with van der Waals surface area (Å²) < 4.78 is 4.99. The van der Waals surface area contributed by atoms with Crippen LogP contribution in [0.2, 0.25) is 0 Å². The van der Waals surface area contributed by atoms with Crippen LogP contribution in [0.1, 0.15) is 0 Å². The summed E-state index contributed by atoms with van der Waals surface area (Å²) in [6.45, 7) is 0.0738. The largest absolute Gasteiger partial charge is 0.464 e. The fraction of sp³-hybridized carbons (Fsp3) is 0.250. The molecule has 0 saturated heterocycles. The number of hydrogen-bond acceptors (Lipinski definition) is 4. The standard InChI is InChI=1S/C8H12N2O2.2ClH/c9-5-8(11)12-7-3-1-6(10)2-4-7;;/h1-4,8,11H,5,9-10H2;2*1H. The highest BCUT2D eigenvalue weighted by Gasteiger charge is 2.01. The molecule has 0 aliphatic rings. The predicted molar refractivity (Wildman–Crippen MR) is 61.0 cm³/mol. The van der Waals surface area contributed by atoms with Crippen LogP contribution in [-0.2, 0) is 0 Å². The molecule has 0 aliphatic heterocycles. The predicted octanol–water partition coefficient (Wildman–Crippen LogP) is 0.768. The zero-order chi connectivity index (χ0) is 8.97. The molecule has 0 fully saturated rings. The van der Waals surface area contributed by atoms with Crippen molar-refractivity contribution in [2.75, 3.05) is 12.3 Å². The Labute approximate surface area is 95.1 Å². The zero-order valence-electron chi connectivity index (χ0n) is 7.42. The number of aliphatic hydroxyl groups excluding tert-OH is 1. The van der Waals surface area contributed by atoms with Crippen LogP contribution in [0.5, 0.6) is 5.75 Å². The molecule has 1 atom stereocenters. The summed E-state index contributed by atoms with van der Waals surface area (Å²) in [5, 5.41) is 9.00. The van der Waals surface area contributed by atoms with E-state index in [4.69, 9.17) is 21.3 Å². The van der Waals surface area contributed by atoms with Crippen LogP contribution in [0.3, 0.4) is 0 Å². The molecular weight excluding hydrogens is 227 g/mol. The number of rotatable bonds is 3. The molecule has 0 radical (unpaired) electrons. The molecule has 1 rings (SSSR count). The van der Waals surface area contributed by atoms with Gasteiger partial charge in [0.15, 0.2) is 0 Å². The van der Waals surface area contributed by atoms with E-state index in [0.717, 1.165) is 0 Å². The minimum atomic E-state index is -0.950. The third-order valence-corrected chi connectivity index (χ3v) is 1.35. The molecule has 1 aromatic rings. The van der Waals surface area contributed by atoms with Crippen molar-refractivity contribution in [2.24, 2.45) is 5.73 Å². The smallest absolute Gasteiger partial charge is 0.209 e. The van der Waals surface area contributed by atoms with E-state index in [-0.39, 0.29) is 31.4 Å². The third-order valence-electron chi connectivity index (χ3n) is 1.35. The molecule has 0 heterocycles. The van der Waals surface area contributed by atoms with E-state index in [1.165, 1.54) is 0 Å². The second-order valence-corrected chi connectivity index (χ2v) is 2.38. The molecule has 0 bridgehead atoms. The van der Waals surface area contributed by atoms with E-state index in [1.54, 1.807) is 24.3 Å². The average molecular weight is 241 g/mol. The van der Waals surface area contributed by atoms with Gasteiger partial charge in [-0.25, -0.2) is 0 Å². The maximum Gasteiger partial charge on any atom is 0.209 e. The van der Waals surface area contributed by atoms with Crippen molar-refractivity contribution in [3.05, 3.63) is 24.3 Å². The van der Waals surface area contributed by atoms with Gasteiger partial charge in [0.1, 0.15) is 5.75 Å². The lowest BCUT2D eigenvalue weighted by Gasteiger charge is -2.10. The molecule has 0 spiro atoms. The second kappa shape index (κ2) is 7.70. The van der Waals surface area contributed by atoms with Gasteiger partial charge in [-0.05, 0) is 24.3 Å². The topological polar surface area (TPSA) is 81.5 Å². The molecule has 14 heavy (non-hydrogen) atoms. The Morgan fingerprint density at radius 2 is 1.71 bits per heavy atom. The van der Waals surface area contributed by atoms with Gasteiger partial charge in [-0.1, -0.05) is 0 Å². The van der Waals surface area contributed by atoms with Gasteiger partial charge in [0.2, 0.25) is 6.29 Å². The summed E-state index contributed by atoms with van der Waals surface area (Å²) in [4.78, 5) is 0. The van der Waals surface area contributed by atoms with Crippen LogP contribution in [0, 0.1) is 0 Å². The Kier molecular flexibility index (Phi) is 8.68. The van der Waals surface area contributed by atoms with Crippen LogP contribution in [0.15, 0.2) is 24.3 Å². The Bertz CT molecular complexity index is 244. The van der Waals surface area contributed by atoms with Crippen LogP contribution in [0.25, 0.3) is 0 Å². The van der Waals surface area contributed by atoms with E-state index in [9.17, 15) is 0 Å². The molecule has 0 amide bonds. The third kappa shape index (κ3) is 5.14. The van der Waals surface area contributed by atoms with E-state index in [1.807, 2.05) is 0 Å². The summed E-state index contributed by atoms with van der Waals surface area (Å²) in [7, 11) is 0. The van der Waals surface area contributed by atoms with E-state index >= 15 is 0 Å². The maximum absolute atomic E-state index is 9.00. The van der Waals surface area contributed by atoms with E-state index < -0.39 is 6.29 Å². The summed E-state index contributed by atoms with van der Waals surface area (Å²) in [5.74, 6) is 0.558. The quantitative estimate of drug-likeness (QED) is 0.539. The summed E-state index contributed by atoms with van der Waals surface area (Å²) in [5.41, 5.74) is 11.3. The number of aliphatic hydroxyl groups is 1. The normalized spacial score (nSPS) is 10.7. The van der Waals surface area contributed by atoms with Gasteiger partial charge in [-0.15, -0.1) is 24.8 Å². The first-order chi connectivity index (χ1) is 5.72. The van der Waals surface area contributed by atoms with Crippen molar-refractivity contribution in [2.45, 2.75) is 6.29 Å². The minimum Gasteiger partial charge on any atom is -0.464 e. The fourth-order valence-electron chi connectivity index (χ4n) is 0.752. The van der Waals surface area contributed by atoms with E-state index in [0.29, 0.717) is 11.4 Å². The molecule has 4 nitrogen and oxygen atoms in total. The first-order valence-corrected chi connectivity index (χ1v) is 3.62. The second-order valence-electron chi connectivity index (χ2n) is 2.38.